The molecule has 0 spiro atoms. The summed E-state index contributed by atoms with van der Waals surface area (Å²) < 4.78 is 10.5. The molecule has 0 N–H and O–H groups in total. The third-order valence-corrected chi connectivity index (χ3v) is 11.9. The van der Waals surface area contributed by atoms with Crippen molar-refractivity contribution >= 4 is 65.8 Å². The van der Waals surface area contributed by atoms with Gasteiger partial charge in [0.25, 0.3) is 0 Å². The second kappa shape index (κ2) is 13.9. The van der Waals surface area contributed by atoms with Gasteiger partial charge in [-0.15, -0.1) is 0 Å². The molecule has 0 saturated heterocycles. The quantitative estimate of drug-likeness (QED) is 0.165. The van der Waals surface area contributed by atoms with Gasteiger partial charge in [0, 0.05) is 50.6 Å². The minimum Gasteiger partial charge on any atom is -0.453 e. The molecule has 13 aromatic rings. The van der Waals surface area contributed by atoms with Crippen LogP contribution in [0.4, 0.5) is 0 Å². The van der Waals surface area contributed by atoms with Gasteiger partial charge in [-0.05, 0) is 71.8 Å². The van der Waals surface area contributed by atoms with Crippen LogP contribution in [0.3, 0.4) is 0 Å². The number of fused-ring (bicyclic) bond motifs is 9. The molecule has 13 rings (SSSR count). The van der Waals surface area contributed by atoms with E-state index in [1.165, 1.54) is 0 Å². The summed E-state index contributed by atoms with van der Waals surface area (Å²) in [6.07, 6.45) is 5.54. The second-order valence-corrected chi connectivity index (χ2v) is 15.6. The van der Waals surface area contributed by atoms with E-state index in [9.17, 15) is 0 Å². The van der Waals surface area contributed by atoms with Gasteiger partial charge in [0.15, 0.2) is 22.8 Å². The standard InChI is InChI=1S/C54H32N8O/c1-3-12-33(13-4-1)52-58-53(34-14-5-2-6-15-34)60-54(59-52)62-45-19-10-7-16-39(45)41-23-21-36(30-47(41)62)35-22-25-46-42(29-35)40-17-8-9-18-44(40)61(46)38-28-37(31-55-32-38)43-24-26-49-51(57-43)50-48(63-49)20-11-27-56-50/h1-32H. The summed E-state index contributed by atoms with van der Waals surface area (Å²) in [5.41, 5.74) is 13.8. The summed E-state index contributed by atoms with van der Waals surface area (Å²) in [6, 6.07) is 60.5. The van der Waals surface area contributed by atoms with Gasteiger partial charge in [-0.25, -0.2) is 9.97 Å². The number of benzene rings is 6. The lowest BCUT2D eigenvalue weighted by atomic mass is 10.0. The highest BCUT2D eigenvalue weighted by atomic mass is 16.3. The van der Waals surface area contributed by atoms with Crippen molar-refractivity contribution in [1.82, 2.24) is 39.0 Å². The molecule has 0 aliphatic heterocycles. The average Bonchev–Trinajstić information content (AvgIpc) is 4.01. The smallest absolute Gasteiger partial charge is 0.238 e. The van der Waals surface area contributed by atoms with E-state index in [4.69, 9.17) is 29.3 Å². The van der Waals surface area contributed by atoms with Gasteiger partial charge in [0.2, 0.25) is 5.95 Å². The number of furan rings is 1. The Morgan fingerprint density at radius 2 is 1.02 bits per heavy atom. The Labute approximate surface area is 359 Å². The van der Waals surface area contributed by atoms with Gasteiger partial charge in [-0.2, -0.15) is 9.97 Å². The lowest BCUT2D eigenvalue weighted by molar-refractivity contribution is 0.667. The van der Waals surface area contributed by atoms with Crippen LogP contribution in [-0.2, 0) is 0 Å². The van der Waals surface area contributed by atoms with Crippen LogP contribution in [0.5, 0.6) is 0 Å². The minimum atomic E-state index is 0.560. The largest absolute Gasteiger partial charge is 0.453 e. The Hall–Kier alpha value is -8.82. The molecule has 294 valence electrons. The molecule has 7 aromatic heterocycles. The number of aromatic nitrogens is 8. The number of pyridine rings is 3. The fourth-order valence-corrected chi connectivity index (χ4v) is 9.01. The molecule has 0 fully saturated rings. The van der Waals surface area contributed by atoms with Gasteiger partial charge in [0.1, 0.15) is 11.0 Å². The highest BCUT2D eigenvalue weighted by Gasteiger charge is 2.20. The van der Waals surface area contributed by atoms with Gasteiger partial charge >= 0.3 is 0 Å². The number of nitrogens with zero attached hydrogens (tertiary/aromatic N) is 8. The molecule has 63 heavy (non-hydrogen) atoms. The van der Waals surface area contributed by atoms with Crippen molar-refractivity contribution in [2.75, 3.05) is 0 Å². The monoisotopic (exact) mass is 808 g/mol. The molecule has 7 heterocycles. The van der Waals surface area contributed by atoms with Crippen LogP contribution < -0.4 is 0 Å². The van der Waals surface area contributed by atoms with E-state index in [-0.39, 0.29) is 0 Å². The van der Waals surface area contributed by atoms with Crippen LogP contribution in [0, 0.1) is 0 Å². The molecule has 0 radical (unpaired) electrons. The normalized spacial score (nSPS) is 11.8. The molecule has 9 nitrogen and oxygen atoms in total. The third-order valence-electron chi connectivity index (χ3n) is 11.9. The van der Waals surface area contributed by atoms with Crippen molar-refractivity contribution in [3.8, 4) is 56.8 Å². The topological polar surface area (TPSA) is 100 Å². The summed E-state index contributed by atoms with van der Waals surface area (Å²) in [5.74, 6) is 1.79. The summed E-state index contributed by atoms with van der Waals surface area (Å²) in [6.45, 7) is 0. The van der Waals surface area contributed by atoms with Crippen molar-refractivity contribution in [1.29, 1.82) is 0 Å². The van der Waals surface area contributed by atoms with E-state index in [1.54, 1.807) is 6.20 Å². The lowest BCUT2D eigenvalue weighted by Gasteiger charge is -2.11. The number of para-hydroxylation sites is 2. The van der Waals surface area contributed by atoms with Crippen LogP contribution in [0.15, 0.2) is 199 Å². The molecule has 0 amide bonds. The summed E-state index contributed by atoms with van der Waals surface area (Å²) in [7, 11) is 0. The maximum atomic E-state index is 6.01. The van der Waals surface area contributed by atoms with Crippen molar-refractivity contribution in [2.24, 2.45) is 0 Å². The Morgan fingerprint density at radius 3 is 1.79 bits per heavy atom. The van der Waals surface area contributed by atoms with Crippen molar-refractivity contribution in [3.63, 3.8) is 0 Å². The van der Waals surface area contributed by atoms with E-state index < -0.39 is 0 Å². The van der Waals surface area contributed by atoms with Gasteiger partial charge in [-0.1, -0.05) is 115 Å². The van der Waals surface area contributed by atoms with Gasteiger partial charge in [-0.3, -0.25) is 14.5 Å². The SMILES string of the molecule is c1ccc(-c2nc(-c3ccccc3)nc(-n3c4ccccc4c4ccc(-c5ccc6c(c5)c5ccccc5n6-c5cncc(-c6ccc7oc8cccnc8c7n6)c5)cc43)n2)cc1. The molecule has 0 aliphatic carbocycles. The molecule has 0 saturated carbocycles. The van der Waals surface area contributed by atoms with Crippen LogP contribution >= 0.6 is 0 Å². The Morgan fingerprint density at radius 1 is 0.381 bits per heavy atom. The van der Waals surface area contributed by atoms with E-state index >= 15 is 0 Å². The molecule has 6 aromatic carbocycles. The van der Waals surface area contributed by atoms with E-state index in [0.29, 0.717) is 28.8 Å². The molecule has 0 aliphatic rings. The fraction of sp³-hybridized carbons (Fsp3) is 0. The molecule has 9 heteroatoms. The molecular weight excluding hydrogens is 777 g/mol. The van der Waals surface area contributed by atoms with E-state index in [0.717, 1.165) is 93.8 Å². The Bertz CT molecular complexity index is 3870. The lowest BCUT2D eigenvalue weighted by Crippen LogP contribution is -2.06. The first-order valence-electron chi connectivity index (χ1n) is 20.8. The third kappa shape index (κ3) is 5.64. The van der Waals surface area contributed by atoms with Crippen molar-refractivity contribution in [2.45, 2.75) is 0 Å². The van der Waals surface area contributed by atoms with Crippen LogP contribution in [0.25, 0.3) is 123 Å². The first kappa shape index (κ1) is 35.0. The van der Waals surface area contributed by atoms with Crippen LogP contribution in [0.2, 0.25) is 0 Å². The average molecular weight is 809 g/mol. The highest BCUT2D eigenvalue weighted by molar-refractivity contribution is 6.12. The minimum absolute atomic E-state index is 0.560. The molecule has 0 bridgehead atoms. The van der Waals surface area contributed by atoms with Crippen molar-refractivity contribution < 1.29 is 4.42 Å². The zero-order chi connectivity index (χ0) is 41.4. The number of hydrogen-bond acceptors (Lipinski definition) is 7. The maximum Gasteiger partial charge on any atom is 0.238 e. The molecule has 0 atom stereocenters. The van der Waals surface area contributed by atoms with Gasteiger partial charge in [0.05, 0.1) is 39.6 Å². The summed E-state index contributed by atoms with van der Waals surface area (Å²) in [4.78, 5) is 29.6. The maximum absolute atomic E-state index is 6.01. The van der Waals surface area contributed by atoms with Gasteiger partial charge < -0.3 is 8.98 Å². The zero-order valence-electron chi connectivity index (χ0n) is 33.5. The Kier molecular flexibility index (Phi) is 7.70. The Balaban J connectivity index is 0.961. The van der Waals surface area contributed by atoms with E-state index in [2.05, 4.69) is 105 Å². The summed E-state index contributed by atoms with van der Waals surface area (Å²) >= 11 is 0. The van der Waals surface area contributed by atoms with E-state index in [1.807, 2.05) is 97.3 Å². The first-order chi connectivity index (χ1) is 31.2. The summed E-state index contributed by atoms with van der Waals surface area (Å²) in [5, 5.41) is 4.54. The second-order valence-electron chi connectivity index (χ2n) is 15.6. The number of rotatable bonds is 6. The van der Waals surface area contributed by atoms with Crippen LogP contribution in [-0.4, -0.2) is 39.0 Å². The zero-order valence-corrected chi connectivity index (χ0v) is 33.5. The first-order valence-corrected chi connectivity index (χ1v) is 20.8. The fourth-order valence-electron chi connectivity index (χ4n) is 9.01. The molecular formula is C54H32N8O. The predicted octanol–water partition coefficient (Wildman–Crippen LogP) is 12.8. The van der Waals surface area contributed by atoms with Crippen LogP contribution in [0.1, 0.15) is 0 Å². The molecule has 0 unspecified atom stereocenters. The van der Waals surface area contributed by atoms with Crippen molar-refractivity contribution in [3.05, 3.63) is 195 Å². The predicted molar refractivity (Wildman–Crippen MR) is 251 cm³/mol. The highest BCUT2D eigenvalue weighted by Crippen LogP contribution is 2.39. The number of hydrogen-bond donors (Lipinski definition) is 0.